The van der Waals surface area contributed by atoms with E-state index in [0.717, 1.165) is 22.4 Å². The molecule has 0 atom stereocenters. The summed E-state index contributed by atoms with van der Waals surface area (Å²) in [7, 11) is 0. The van der Waals surface area contributed by atoms with Crippen molar-refractivity contribution in [2.75, 3.05) is 5.32 Å². The highest BCUT2D eigenvalue weighted by Crippen LogP contribution is 2.28. The predicted octanol–water partition coefficient (Wildman–Crippen LogP) is 4.55. The Bertz CT molecular complexity index is 1120. The highest BCUT2D eigenvalue weighted by molar-refractivity contribution is 5.85. The van der Waals surface area contributed by atoms with E-state index in [2.05, 4.69) is 16.4 Å². The van der Waals surface area contributed by atoms with E-state index in [9.17, 15) is 9.65 Å². The molecule has 0 amide bonds. The van der Waals surface area contributed by atoms with Crippen molar-refractivity contribution in [1.29, 1.82) is 5.26 Å². The van der Waals surface area contributed by atoms with Crippen LogP contribution in [0.3, 0.4) is 0 Å². The second-order valence-electron chi connectivity index (χ2n) is 5.59. The van der Waals surface area contributed by atoms with Crippen LogP contribution in [0.2, 0.25) is 0 Å². The lowest BCUT2D eigenvalue weighted by atomic mass is 10.1. The van der Waals surface area contributed by atoms with E-state index in [1.165, 1.54) is 12.1 Å². The first-order valence-corrected chi connectivity index (χ1v) is 7.51. The van der Waals surface area contributed by atoms with Gasteiger partial charge in [-0.25, -0.2) is 9.37 Å². The van der Waals surface area contributed by atoms with Gasteiger partial charge in [0.2, 0.25) is 0 Å². The maximum atomic E-state index is 13.5. The predicted molar refractivity (Wildman–Crippen MR) is 91.8 cm³/mol. The van der Waals surface area contributed by atoms with E-state index < -0.39 is 0 Å². The molecule has 116 valence electrons. The lowest BCUT2D eigenvalue weighted by Gasteiger charge is -2.12. The number of hydrogen-bond donors (Lipinski definition) is 1. The van der Waals surface area contributed by atoms with Gasteiger partial charge in [-0.15, -0.1) is 0 Å². The monoisotopic (exact) mass is 316 g/mol. The van der Waals surface area contributed by atoms with Crippen molar-refractivity contribution >= 4 is 28.2 Å². The van der Waals surface area contributed by atoms with Crippen LogP contribution in [0.5, 0.6) is 0 Å². The molecule has 2 aromatic heterocycles. The Morgan fingerprint density at radius 3 is 2.75 bits per heavy atom. The molecule has 0 aliphatic heterocycles. The Morgan fingerprint density at radius 1 is 1.12 bits per heavy atom. The fraction of sp³-hybridized carbons (Fsp3) is 0.0526. The van der Waals surface area contributed by atoms with Crippen molar-refractivity contribution in [3.8, 4) is 6.07 Å². The molecule has 0 aliphatic carbocycles. The van der Waals surface area contributed by atoms with Crippen LogP contribution in [0.4, 0.5) is 15.9 Å². The SMILES string of the molecule is Cc1cc(Nc2cccc(F)c2)n2c(nc3ccccc32)c1C#N. The van der Waals surface area contributed by atoms with E-state index in [0.29, 0.717) is 16.9 Å². The van der Waals surface area contributed by atoms with Crippen LogP contribution in [0, 0.1) is 24.1 Å². The number of benzene rings is 2. The number of para-hydroxylation sites is 2. The van der Waals surface area contributed by atoms with Gasteiger partial charge in [0, 0.05) is 5.69 Å². The van der Waals surface area contributed by atoms with Gasteiger partial charge in [-0.2, -0.15) is 5.26 Å². The van der Waals surface area contributed by atoms with Crippen molar-refractivity contribution in [3.05, 3.63) is 71.5 Å². The summed E-state index contributed by atoms with van der Waals surface area (Å²) in [6.45, 7) is 1.87. The molecule has 2 aromatic carbocycles. The van der Waals surface area contributed by atoms with Crippen molar-refractivity contribution in [2.24, 2.45) is 0 Å². The number of pyridine rings is 1. The normalized spacial score (nSPS) is 10.9. The fourth-order valence-corrected chi connectivity index (χ4v) is 2.90. The Hall–Kier alpha value is -3.39. The zero-order chi connectivity index (χ0) is 16.7. The minimum Gasteiger partial charge on any atom is -0.341 e. The van der Waals surface area contributed by atoms with Crippen molar-refractivity contribution in [2.45, 2.75) is 6.92 Å². The second-order valence-corrected chi connectivity index (χ2v) is 5.59. The van der Waals surface area contributed by atoms with Gasteiger partial charge >= 0.3 is 0 Å². The molecule has 0 aliphatic rings. The smallest absolute Gasteiger partial charge is 0.157 e. The topological polar surface area (TPSA) is 53.1 Å². The fourth-order valence-electron chi connectivity index (χ4n) is 2.90. The number of anilines is 2. The van der Waals surface area contributed by atoms with E-state index in [1.54, 1.807) is 12.1 Å². The molecular formula is C19H13FN4. The maximum absolute atomic E-state index is 13.5. The Kier molecular flexibility index (Phi) is 3.17. The summed E-state index contributed by atoms with van der Waals surface area (Å²) in [4.78, 5) is 4.59. The number of aryl methyl sites for hydroxylation is 1. The van der Waals surface area contributed by atoms with Crippen LogP contribution in [0.1, 0.15) is 11.1 Å². The Labute approximate surface area is 137 Å². The molecular weight excluding hydrogens is 303 g/mol. The first-order chi connectivity index (χ1) is 11.7. The van der Waals surface area contributed by atoms with E-state index in [4.69, 9.17) is 0 Å². The van der Waals surface area contributed by atoms with Gasteiger partial charge in [0.05, 0.1) is 16.6 Å². The zero-order valence-electron chi connectivity index (χ0n) is 12.9. The summed E-state index contributed by atoms with van der Waals surface area (Å²) >= 11 is 0. The molecule has 0 radical (unpaired) electrons. The van der Waals surface area contributed by atoms with Gasteiger partial charge in [0.1, 0.15) is 17.7 Å². The van der Waals surface area contributed by atoms with Gasteiger partial charge in [0.15, 0.2) is 5.65 Å². The van der Waals surface area contributed by atoms with Crippen LogP contribution in [-0.4, -0.2) is 9.38 Å². The van der Waals surface area contributed by atoms with Crippen LogP contribution < -0.4 is 5.32 Å². The molecule has 0 bridgehead atoms. The van der Waals surface area contributed by atoms with Crippen molar-refractivity contribution in [3.63, 3.8) is 0 Å². The average molecular weight is 316 g/mol. The number of hydrogen-bond acceptors (Lipinski definition) is 3. The standard InChI is InChI=1S/C19H13FN4/c1-12-9-18(22-14-6-4-5-13(20)10-14)24-17-8-3-2-7-16(17)23-19(24)15(12)11-21/h2-10,22H,1H3. The molecule has 0 unspecified atom stereocenters. The number of nitriles is 1. The second kappa shape index (κ2) is 5.36. The van der Waals surface area contributed by atoms with Crippen LogP contribution in [0.15, 0.2) is 54.6 Å². The lowest BCUT2D eigenvalue weighted by molar-refractivity contribution is 0.628. The number of aromatic nitrogens is 2. The molecule has 1 N–H and O–H groups in total. The molecule has 24 heavy (non-hydrogen) atoms. The van der Waals surface area contributed by atoms with Gasteiger partial charge in [-0.3, -0.25) is 4.40 Å². The number of rotatable bonds is 2. The highest BCUT2D eigenvalue weighted by atomic mass is 19.1. The zero-order valence-corrected chi connectivity index (χ0v) is 12.9. The quantitative estimate of drug-likeness (QED) is 0.590. The summed E-state index contributed by atoms with van der Waals surface area (Å²) in [5.41, 5.74) is 4.29. The summed E-state index contributed by atoms with van der Waals surface area (Å²) < 4.78 is 15.4. The van der Waals surface area contributed by atoms with Gasteiger partial charge in [-0.05, 0) is 48.9 Å². The summed E-state index contributed by atoms with van der Waals surface area (Å²) in [5.74, 6) is 0.429. The first kappa shape index (κ1) is 14.2. The molecule has 4 rings (SSSR count). The molecule has 4 aromatic rings. The molecule has 5 heteroatoms. The molecule has 0 saturated heterocycles. The third-order valence-electron chi connectivity index (χ3n) is 3.98. The van der Waals surface area contributed by atoms with E-state index in [1.807, 2.05) is 41.7 Å². The van der Waals surface area contributed by atoms with Crippen LogP contribution in [0.25, 0.3) is 16.7 Å². The minimum absolute atomic E-state index is 0.308. The minimum atomic E-state index is -0.308. The van der Waals surface area contributed by atoms with Crippen molar-refractivity contribution in [1.82, 2.24) is 9.38 Å². The average Bonchev–Trinajstić information content (AvgIpc) is 2.94. The van der Waals surface area contributed by atoms with E-state index in [-0.39, 0.29) is 5.82 Å². The Balaban J connectivity index is 2.03. The van der Waals surface area contributed by atoms with Crippen LogP contribution >= 0.6 is 0 Å². The lowest BCUT2D eigenvalue weighted by Crippen LogP contribution is -2.02. The molecule has 2 heterocycles. The Morgan fingerprint density at radius 2 is 1.96 bits per heavy atom. The van der Waals surface area contributed by atoms with Crippen LogP contribution in [-0.2, 0) is 0 Å². The van der Waals surface area contributed by atoms with Gasteiger partial charge < -0.3 is 5.32 Å². The molecule has 0 saturated carbocycles. The summed E-state index contributed by atoms with van der Waals surface area (Å²) in [6, 6.07) is 18.1. The molecule has 0 spiro atoms. The van der Waals surface area contributed by atoms with E-state index >= 15 is 0 Å². The molecule has 0 fully saturated rings. The number of halogens is 1. The number of imidazole rings is 1. The maximum Gasteiger partial charge on any atom is 0.157 e. The van der Waals surface area contributed by atoms with Gasteiger partial charge in [0.25, 0.3) is 0 Å². The highest BCUT2D eigenvalue weighted by Gasteiger charge is 2.15. The third-order valence-corrected chi connectivity index (χ3v) is 3.98. The van der Waals surface area contributed by atoms with Crippen molar-refractivity contribution < 1.29 is 4.39 Å². The van der Waals surface area contributed by atoms with Gasteiger partial charge in [-0.1, -0.05) is 18.2 Å². The number of fused-ring (bicyclic) bond motifs is 3. The molecule has 4 nitrogen and oxygen atoms in total. The number of nitrogens with one attached hydrogen (secondary N) is 1. The largest absolute Gasteiger partial charge is 0.341 e. The summed E-state index contributed by atoms with van der Waals surface area (Å²) in [6.07, 6.45) is 0. The third kappa shape index (κ3) is 2.17. The number of nitrogens with zero attached hydrogens (tertiary/aromatic N) is 3. The summed E-state index contributed by atoms with van der Waals surface area (Å²) in [5, 5.41) is 12.7. The first-order valence-electron chi connectivity index (χ1n) is 7.51.